The number of nitrogens with one attached hydrogen (secondary N) is 2. The molecule has 8 heteroatoms. The summed E-state index contributed by atoms with van der Waals surface area (Å²) in [5, 5.41) is 12.7. The number of aliphatic hydroxyl groups excluding tert-OH is 1. The molecule has 0 fully saturated rings. The van der Waals surface area contributed by atoms with Gasteiger partial charge in [0.05, 0.1) is 13.3 Å². The second kappa shape index (κ2) is 9.41. The molecule has 0 aromatic heterocycles. The minimum Gasteiger partial charge on any atom is -0.487 e. The first kappa shape index (κ1) is 16.3. The molecule has 6 nitrogen and oxygen atoms in total. The van der Waals surface area contributed by atoms with Gasteiger partial charge in [-0.1, -0.05) is 0 Å². The molecule has 1 atom stereocenters. The van der Waals surface area contributed by atoms with Crippen molar-refractivity contribution in [2.75, 3.05) is 7.11 Å². The Hall–Kier alpha value is -1.15. The second-order valence-corrected chi connectivity index (χ2v) is 3.19. The van der Waals surface area contributed by atoms with Crippen LogP contribution in [-0.2, 0) is 9.53 Å². The number of aliphatic hydroxyl groups is 1. The molecule has 0 heterocycles. The number of amides is 1. The van der Waals surface area contributed by atoms with Crippen molar-refractivity contribution in [2.45, 2.75) is 20.0 Å². The van der Waals surface area contributed by atoms with Gasteiger partial charge in [0.25, 0.3) is 10.3 Å². The van der Waals surface area contributed by atoms with Gasteiger partial charge in [0.15, 0.2) is 0 Å². The molecule has 1 unspecified atom stereocenters. The van der Waals surface area contributed by atoms with Crippen LogP contribution in [0.2, 0.25) is 0 Å². The predicted octanol–water partition coefficient (Wildman–Crippen LogP) is -0.223. The Labute approximate surface area is 99.2 Å². The van der Waals surface area contributed by atoms with E-state index in [0.29, 0.717) is 0 Å². The average molecular weight is 253 g/mol. The van der Waals surface area contributed by atoms with Gasteiger partial charge >= 0.3 is 0 Å². The number of ether oxygens (including phenoxy) is 1. The zero-order chi connectivity index (χ0) is 12.4. The maximum atomic E-state index is 10.5. The van der Waals surface area contributed by atoms with Gasteiger partial charge < -0.3 is 26.2 Å². The van der Waals surface area contributed by atoms with Crippen molar-refractivity contribution in [1.29, 1.82) is 0 Å². The van der Waals surface area contributed by atoms with E-state index in [-0.39, 0.29) is 17.2 Å². The summed E-state index contributed by atoms with van der Waals surface area (Å²) in [7, 11) is 1.47. The molecule has 0 saturated heterocycles. The first-order chi connectivity index (χ1) is 6.79. The Morgan fingerprint density at radius 1 is 1.47 bits per heavy atom. The molecule has 0 aromatic rings. The summed E-state index contributed by atoms with van der Waals surface area (Å²) in [6, 6.07) is 0. The number of thiocarbonyl (C=S) groups is 2. The molecular formula is C7H15N3O3S2. The van der Waals surface area contributed by atoms with Gasteiger partial charge in [-0.05, 0) is 31.4 Å². The molecule has 1 amide bonds. The van der Waals surface area contributed by atoms with Crippen molar-refractivity contribution in [3.63, 3.8) is 0 Å². The summed E-state index contributed by atoms with van der Waals surface area (Å²) < 4.78 is 4.67. The van der Waals surface area contributed by atoms with Crippen LogP contribution in [0, 0.1) is 0 Å². The Bertz CT molecular complexity index is 232. The van der Waals surface area contributed by atoms with Crippen molar-refractivity contribution in [1.82, 2.24) is 10.6 Å². The van der Waals surface area contributed by atoms with E-state index in [1.807, 2.05) is 0 Å². The Morgan fingerprint density at radius 2 is 1.87 bits per heavy atom. The molecule has 0 aliphatic rings. The van der Waals surface area contributed by atoms with Crippen molar-refractivity contribution < 1.29 is 14.6 Å². The second-order valence-electron chi connectivity index (χ2n) is 2.40. The number of rotatable bonds is 2. The fraction of sp³-hybridized carbons (Fsp3) is 0.571. The average Bonchev–Trinajstić information content (AvgIpc) is 2.01. The SMILES string of the molecule is COC(=S)NC(C)NC(C)=O.NC(O)=S. The van der Waals surface area contributed by atoms with E-state index < -0.39 is 5.17 Å². The van der Waals surface area contributed by atoms with Crippen LogP contribution < -0.4 is 16.4 Å². The summed E-state index contributed by atoms with van der Waals surface area (Å²) in [5.41, 5.74) is 4.40. The smallest absolute Gasteiger partial charge is 0.257 e. The monoisotopic (exact) mass is 253 g/mol. The predicted molar refractivity (Wildman–Crippen MR) is 65.4 cm³/mol. The number of methoxy groups -OCH3 is 1. The normalized spacial score (nSPS) is 10.1. The molecule has 0 radical (unpaired) electrons. The van der Waals surface area contributed by atoms with Gasteiger partial charge in [0.1, 0.15) is 0 Å². The van der Waals surface area contributed by atoms with Gasteiger partial charge in [0.2, 0.25) is 5.91 Å². The highest BCUT2D eigenvalue weighted by Crippen LogP contribution is 1.78. The van der Waals surface area contributed by atoms with Crippen molar-refractivity contribution >= 4 is 40.7 Å². The molecule has 0 rings (SSSR count). The summed E-state index contributed by atoms with van der Waals surface area (Å²) in [6.07, 6.45) is -0.194. The van der Waals surface area contributed by atoms with Gasteiger partial charge in [-0.3, -0.25) is 4.79 Å². The highest BCUT2D eigenvalue weighted by atomic mass is 32.1. The summed E-state index contributed by atoms with van der Waals surface area (Å²) in [6.45, 7) is 3.21. The van der Waals surface area contributed by atoms with Crippen LogP contribution >= 0.6 is 24.4 Å². The minimum absolute atomic E-state index is 0.107. The van der Waals surface area contributed by atoms with Crippen molar-refractivity contribution in [3.8, 4) is 0 Å². The molecule has 5 N–H and O–H groups in total. The highest BCUT2D eigenvalue weighted by molar-refractivity contribution is 7.80. The molecule has 0 bridgehead atoms. The molecule has 88 valence electrons. The Kier molecular flexibility index (Phi) is 10.2. The Balaban J connectivity index is 0. The topological polar surface area (TPSA) is 96.6 Å². The van der Waals surface area contributed by atoms with Crippen LogP contribution in [0.15, 0.2) is 0 Å². The Morgan fingerprint density at radius 3 is 2.13 bits per heavy atom. The minimum atomic E-state index is -0.500. The van der Waals surface area contributed by atoms with E-state index >= 15 is 0 Å². The quantitative estimate of drug-likeness (QED) is 0.399. The molecule has 0 aliphatic heterocycles. The number of carbonyl (C=O) groups is 1. The van der Waals surface area contributed by atoms with E-state index in [1.54, 1.807) is 6.92 Å². The maximum absolute atomic E-state index is 10.5. The van der Waals surface area contributed by atoms with Crippen LogP contribution in [0.25, 0.3) is 0 Å². The van der Waals surface area contributed by atoms with Gasteiger partial charge in [0, 0.05) is 6.92 Å². The van der Waals surface area contributed by atoms with Gasteiger partial charge in [-0.25, -0.2) is 0 Å². The number of hydrogen-bond donors (Lipinski definition) is 4. The van der Waals surface area contributed by atoms with Crippen LogP contribution in [0.4, 0.5) is 0 Å². The lowest BCUT2D eigenvalue weighted by atomic mass is 10.5. The maximum Gasteiger partial charge on any atom is 0.257 e. The standard InChI is InChI=1S/C6H12N2O2S.CH3NOS/c1-4(7-5(2)9)8-6(11)10-3;2-1(3)4/h4H,1-3H3,(H,7,9)(H,8,11);(H3,2,3,4). The number of hydrogen-bond acceptors (Lipinski definition) is 4. The molecule has 0 aromatic carbocycles. The molecular weight excluding hydrogens is 238 g/mol. The van der Waals surface area contributed by atoms with E-state index in [4.69, 9.17) is 17.3 Å². The third kappa shape index (κ3) is 19.3. The van der Waals surface area contributed by atoms with Crippen LogP contribution in [0.3, 0.4) is 0 Å². The first-order valence-electron chi connectivity index (χ1n) is 3.89. The van der Waals surface area contributed by atoms with E-state index in [9.17, 15) is 4.79 Å². The highest BCUT2D eigenvalue weighted by Gasteiger charge is 2.03. The van der Waals surface area contributed by atoms with Crippen molar-refractivity contribution in [2.24, 2.45) is 5.73 Å². The lowest BCUT2D eigenvalue weighted by Gasteiger charge is -2.14. The van der Waals surface area contributed by atoms with Crippen LogP contribution in [0.5, 0.6) is 0 Å². The van der Waals surface area contributed by atoms with Crippen molar-refractivity contribution in [3.05, 3.63) is 0 Å². The third-order valence-electron chi connectivity index (χ3n) is 0.940. The molecule has 0 aliphatic carbocycles. The van der Waals surface area contributed by atoms with Crippen LogP contribution in [0.1, 0.15) is 13.8 Å². The number of carbonyl (C=O) groups excluding carboxylic acids is 1. The van der Waals surface area contributed by atoms with E-state index in [1.165, 1.54) is 14.0 Å². The zero-order valence-electron chi connectivity index (χ0n) is 8.73. The van der Waals surface area contributed by atoms with E-state index in [2.05, 4.69) is 33.3 Å². The van der Waals surface area contributed by atoms with Gasteiger partial charge in [-0.2, -0.15) is 0 Å². The lowest BCUT2D eigenvalue weighted by molar-refractivity contribution is -0.119. The molecule has 0 spiro atoms. The summed E-state index contributed by atoms with van der Waals surface area (Å²) >= 11 is 8.57. The lowest BCUT2D eigenvalue weighted by Crippen LogP contribution is -2.44. The first-order valence-corrected chi connectivity index (χ1v) is 4.71. The summed E-state index contributed by atoms with van der Waals surface area (Å²) in [5.74, 6) is -0.107. The van der Waals surface area contributed by atoms with Crippen LogP contribution in [-0.4, -0.2) is 34.6 Å². The van der Waals surface area contributed by atoms with Gasteiger partial charge in [-0.15, -0.1) is 0 Å². The molecule has 15 heavy (non-hydrogen) atoms. The van der Waals surface area contributed by atoms with E-state index in [0.717, 1.165) is 0 Å². The fourth-order valence-corrected chi connectivity index (χ4v) is 0.753. The fourth-order valence-electron chi connectivity index (χ4n) is 0.577. The zero-order valence-corrected chi connectivity index (χ0v) is 10.4. The molecule has 0 saturated carbocycles. The third-order valence-corrected chi connectivity index (χ3v) is 1.22. The summed E-state index contributed by atoms with van der Waals surface area (Å²) in [4.78, 5) is 10.5. The largest absolute Gasteiger partial charge is 0.487 e. The number of nitrogens with two attached hydrogens (primary N) is 1.